The van der Waals surface area contributed by atoms with E-state index < -0.39 is 17.5 Å². The predicted octanol–water partition coefficient (Wildman–Crippen LogP) is 3.85. The van der Waals surface area contributed by atoms with Crippen LogP contribution in [-0.2, 0) is 19.1 Å². The minimum Gasteiger partial charge on any atom is -0.464 e. The lowest BCUT2D eigenvalue weighted by Gasteiger charge is -2.31. The fraction of sp³-hybridized carbons (Fsp3) is 0.368. The number of esters is 2. The van der Waals surface area contributed by atoms with Crippen LogP contribution in [-0.4, -0.2) is 46.6 Å². The van der Waals surface area contributed by atoms with Gasteiger partial charge in [-0.05, 0) is 45.0 Å². The molecule has 0 fully saturated rings. The molecule has 156 valence electrons. The Morgan fingerprint density at radius 3 is 2.45 bits per heavy atom. The van der Waals surface area contributed by atoms with Crippen LogP contribution < -0.4 is 5.01 Å². The van der Waals surface area contributed by atoms with Gasteiger partial charge in [0.05, 0.1) is 28.9 Å². The lowest BCUT2D eigenvalue weighted by Crippen LogP contribution is -2.48. The number of rotatable bonds is 5. The Morgan fingerprint density at radius 1 is 1.21 bits per heavy atom. The van der Waals surface area contributed by atoms with Crippen molar-refractivity contribution in [3.63, 3.8) is 0 Å². The second-order valence-corrected chi connectivity index (χ2v) is 6.93. The number of halogens is 2. The van der Waals surface area contributed by atoms with E-state index in [1.807, 2.05) is 6.07 Å². The number of ether oxygens (including phenoxy) is 2. The van der Waals surface area contributed by atoms with Crippen LogP contribution in [0.4, 0.5) is 5.69 Å². The summed E-state index contributed by atoms with van der Waals surface area (Å²) in [5.41, 5.74) is -0.493. The Kier molecular flexibility index (Phi) is 8.04. The first kappa shape index (κ1) is 22.7. The van der Waals surface area contributed by atoms with Crippen LogP contribution in [0.5, 0.6) is 0 Å². The van der Waals surface area contributed by atoms with Crippen LogP contribution in [0.1, 0.15) is 27.2 Å². The van der Waals surface area contributed by atoms with E-state index in [1.54, 1.807) is 51.4 Å². The molecule has 1 aliphatic heterocycles. The number of hydrazone groups is 1. The highest BCUT2D eigenvalue weighted by atomic mass is 35.5. The molecule has 2 heterocycles. The molecule has 0 radical (unpaired) electrons. The monoisotopic (exact) mass is 440 g/mol. The SMILES string of the molecule is CCOC(=O)C1=NN(c2ccc(Cl)c(Cl)c2)C(C)(C(=O)OCC)C1.c1cn[nH]c1. The molecule has 10 heteroatoms. The zero-order chi connectivity index (χ0) is 21.4. The van der Waals surface area contributed by atoms with Gasteiger partial charge >= 0.3 is 11.9 Å². The Morgan fingerprint density at radius 2 is 1.93 bits per heavy atom. The van der Waals surface area contributed by atoms with Gasteiger partial charge in [-0.3, -0.25) is 5.10 Å². The zero-order valence-electron chi connectivity index (χ0n) is 16.3. The molecule has 1 aliphatic rings. The number of aromatic nitrogens is 2. The molecule has 0 saturated heterocycles. The predicted molar refractivity (Wildman–Crippen MR) is 111 cm³/mol. The largest absolute Gasteiger partial charge is 0.464 e. The molecule has 3 rings (SSSR count). The first-order valence-corrected chi connectivity index (χ1v) is 9.70. The molecular formula is C19H22Cl2N4O4. The lowest BCUT2D eigenvalue weighted by atomic mass is 9.95. The quantitative estimate of drug-likeness (QED) is 0.708. The third kappa shape index (κ3) is 5.48. The second kappa shape index (κ2) is 10.3. The first-order valence-electron chi connectivity index (χ1n) is 8.94. The smallest absolute Gasteiger partial charge is 0.354 e. The maximum absolute atomic E-state index is 12.5. The summed E-state index contributed by atoms with van der Waals surface area (Å²) in [7, 11) is 0. The van der Waals surface area contributed by atoms with Gasteiger partial charge in [-0.25, -0.2) is 14.6 Å². The molecule has 1 N–H and O–H groups in total. The average Bonchev–Trinajstić information content (AvgIpc) is 3.37. The van der Waals surface area contributed by atoms with E-state index in [0.29, 0.717) is 15.7 Å². The van der Waals surface area contributed by atoms with Crippen molar-refractivity contribution in [1.29, 1.82) is 0 Å². The number of H-pyrrole nitrogens is 1. The van der Waals surface area contributed by atoms with E-state index in [1.165, 1.54) is 5.01 Å². The third-order valence-corrected chi connectivity index (χ3v) is 4.72. The minimum atomic E-state index is -1.17. The fourth-order valence-electron chi connectivity index (χ4n) is 2.61. The van der Waals surface area contributed by atoms with Gasteiger partial charge in [0.2, 0.25) is 0 Å². The van der Waals surface area contributed by atoms with Crippen molar-refractivity contribution in [2.45, 2.75) is 32.7 Å². The lowest BCUT2D eigenvalue weighted by molar-refractivity contribution is -0.148. The second-order valence-electron chi connectivity index (χ2n) is 6.11. The average molecular weight is 441 g/mol. The molecule has 0 saturated carbocycles. The number of nitrogens with zero attached hydrogens (tertiary/aromatic N) is 3. The topological polar surface area (TPSA) is 96.9 Å². The zero-order valence-corrected chi connectivity index (χ0v) is 17.8. The summed E-state index contributed by atoms with van der Waals surface area (Å²) in [5, 5.41) is 12.6. The van der Waals surface area contributed by atoms with Gasteiger partial charge in [-0.2, -0.15) is 10.2 Å². The maximum Gasteiger partial charge on any atom is 0.354 e. The molecular weight excluding hydrogens is 419 g/mol. The number of benzene rings is 1. The Labute approximate surface area is 178 Å². The number of carbonyl (C=O) groups excluding carboxylic acids is 2. The Hall–Kier alpha value is -2.58. The summed E-state index contributed by atoms with van der Waals surface area (Å²) in [4.78, 5) is 24.5. The molecule has 0 bridgehead atoms. The van der Waals surface area contributed by atoms with Crippen molar-refractivity contribution >= 4 is 46.5 Å². The van der Waals surface area contributed by atoms with Gasteiger partial charge < -0.3 is 9.47 Å². The Balaban J connectivity index is 0.000000521. The van der Waals surface area contributed by atoms with Gasteiger partial charge in [0, 0.05) is 18.8 Å². The molecule has 2 aromatic rings. The molecule has 8 nitrogen and oxygen atoms in total. The molecule has 29 heavy (non-hydrogen) atoms. The van der Waals surface area contributed by atoms with Crippen molar-refractivity contribution in [2.24, 2.45) is 5.10 Å². The number of anilines is 1. The minimum absolute atomic E-state index is 0.0743. The van der Waals surface area contributed by atoms with Gasteiger partial charge in [-0.1, -0.05) is 23.2 Å². The van der Waals surface area contributed by atoms with E-state index in [2.05, 4.69) is 15.3 Å². The molecule has 0 amide bonds. The van der Waals surface area contributed by atoms with Crippen molar-refractivity contribution in [3.05, 3.63) is 46.7 Å². The van der Waals surface area contributed by atoms with Crippen molar-refractivity contribution in [2.75, 3.05) is 18.2 Å². The summed E-state index contributed by atoms with van der Waals surface area (Å²) in [6, 6.07) is 6.69. The summed E-state index contributed by atoms with van der Waals surface area (Å²) in [5.74, 6) is -1.05. The third-order valence-electron chi connectivity index (χ3n) is 3.98. The van der Waals surface area contributed by atoms with Gasteiger partial charge in [0.25, 0.3) is 0 Å². The van der Waals surface area contributed by atoms with Gasteiger partial charge in [-0.15, -0.1) is 0 Å². The van der Waals surface area contributed by atoms with E-state index in [0.717, 1.165) is 0 Å². The highest BCUT2D eigenvalue weighted by molar-refractivity contribution is 6.42. The van der Waals surface area contributed by atoms with E-state index in [-0.39, 0.29) is 25.3 Å². The van der Waals surface area contributed by atoms with Crippen LogP contribution in [0.2, 0.25) is 10.0 Å². The van der Waals surface area contributed by atoms with Crippen molar-refractivity contribution in [3.8, 4) is 0 Å². The van der Waals surface area contributed by atoms with E-state index in [9.17, 15) is 9.59 Å². The fourth-order valence-corrected chi connectivity index (χ4v) is 2.91. The highest BCUT2D eigenvalue weighted by Gasteiger charge is 2.49. The maximum atomic E-state index is 12.5. The van der Waals surface area contributed by atoms with Crippen molar-refractivity contribution in [1.82, 2.24) is 10.2 Å². The van der Waals surface area contributed by atoms with E-state index in [4.69, 9.17) is 32.7 Å². The number of hydrogen-bond donors (Lipinski definition) is 1. The molecule has 1 atom stereocenters. The molecule has 1 aromatic heterocycles. The van der Waals surface area contributed by atoms with E-state index >= 15 is 0 Å². The molecule has 0 spiro atoms. The van der Waals surface area contributed by atoms with Crippen LogP contribution >= 0.6 is 23.2 Å². The van der Waals surface area contributed by atoms with Crippen molar-refractivity contribution < 1.29 is 19.1 Å². The first-order chi connectivity index (χ1) is 13.8. The standard InChI is InChI=1S/C16H18Cl2N2O4.C3H4N2/c1-4-23-14(21)13-9-16(3,15(22)24-5-2)20(19-13)10-6-7-11(17)12(18)8-10;1-2-4-5-3-1/h6-8H,4-5,9H2,1-3H3;1-3H,(H,4,5). The summed E-state index contributed by atoms with van der Waals surface area (Å²) < 4.78 is 10.1. The molecule has 1 aromatic carbocycles. The summed E-state index contributed by atoms with van der Waals surface area (Å²) >= 11 is 12.0. The normalized spacial score (nSPS) is 17.8. The van der Waals surface area contributed by atoms with Crippen LogP contribution in [0.3, 0.4) is 0 Å². The number of carbonyl (C=O) groups is 2. The van der Waals surface area contributed by atoms with Gasteiger partial charge in [0.1, 0.15) is 5.71 Å². The summed E-state index contributed by atoms with van der Waals surface area (Å²) in [6.45, 7) is 5.52. The number of nitrogens with one attached hydrogen (secondary N) is 1. The summed E-state index contributed by atoms with van der Waals surface area (Å²) in [6.07, 6.45) is 3.53. The Bertz CT molecular complexity index is 856. The van der Waals surface area contributed by atoms with Gasteiger partial charge in [0.15, 0.2) is 5.54 Å². The highest BCUT2D eigenvalue weighted by Crippen LogP contribution is 2.37. The van der Waals surface area contributed by atoms with Crippen LogP contribution in [0, 0.1) is 0 Å². The molecule has 1 unspecified atom stereocenters. The number of hydrogen-bond acceptors (Lipinski definition) is 7. The molecule has 0 aliphatic carbocycles. The van der Waals surface area contributed by atoms with Crippen LogP contribution in [0.25, 0.3) is 0 Å². The number of aromatic amines is 1. The van der Waals surface area contributed by atoms with Crippen LogP contribution in [0.15, 0.2) is 41.8 Å².